The lowest BCUT2D eigenvalue weighted by molar-refractivity contribution is 0.0438. The van der Waals surface area contributed by atoms with E-state index in [0.717, 1.165) is 0 Å². The van der Waals surface area contributed by atoms with Crippen molar-refractivity contribution >= 4 is 0 Å². The highest BCUT2D eigenvalue weighted by Gasteiger charge is 2.03. The van der Waals surface area contributed by atoms with Crippen molar-refractivity contribution in [2.24, 2.45) is 0 Å². The zero-order valence-corrected chi connectivity index (χ0v) is 5.35. The molecule has 1 aliphatic rings. The van der Waals surface area contributed by atoms with E-state index in [1.165, 1.54) is 0 Å². The van der Waals surface area contributed by atoms with Crippen LogP contribution in [0.4, 0.5) is 0 Å². The van der Waals surface area contributed by atoms with Crippen LogP contribution < -0.4 is 0 Å². The molecule has 0 unspecified atom stereocenters. The maximum absolute atomic E-state index is 5.07. The third-order valence-electron chi connectivity index (χ3n) is 0.923. The molecule has 1 rings (SSSR count). The van der Waals surface area contributed by atoms with Crippen LogP contribution in [0.15, 0.2) is 5.76 Å². The van der Waals surface area contributed by atoms with Gasteiger partial charge in [-0.05, 0) is 0 Å². The number of ether oxygens (including phenoxy) is 3. The summed E-state index contributed by atoms with van der Waals surface area (Å²) >= 11 is 0. The molecule has 0 saturated carbocycles. The van der Waals surface area contributed by atoms with E-state index in [2.05, 4.69) is 6.26 Å². The molecule has 0 N–H and O–H groups in total. The summed E-state index contributed by atoms with van der Waals surface area (Å²) in [6.45, 7) is 1.64. The first-order chi connectivity index (χ1) is 4.43. The van der Waals surface area contributed by atoms with Crippen molar-refractivity contribution < 1.29 is 14.2 Å². The van der Waals surface area contributed by atoms with Gasteiger partial charge in [0.2, 0.25) is 6.26 Å². The summed E-state index contributed by atoms with van der Waals surface area (Å²) < 4.78 is 14.7. The van der Waals surface area contributed by atoms with Crippen LogP contribution >= 0.6 is 0 Å². The van der Waals surface area contributed by atoms with E-state index >= 15 is 0 Å². The predicted molar refractivity (Wildman–Crippen MR) is 30.5 cm³/mol. The predicted octanol–water partition coefficient (Wildman–Crippen LogP) is 0.324. The Kier molecular flexibility index (Phi) is 2.39. The van der Waals surface area contributed by atoms with Gasteiger partial charge in [0.05, 0.1) is 0 Å². The molecule has 0 bridgehead atoms. The third kappa shape index (κ3) is 1.93. The summed E-state index contributed by atoms with van der Waals surface area (Å²) in [6.07, 6.45) is 2.59. The minimum absolute atomic E-state index is 0.444. The molecule has 0 aromatic rings. The fourth-order valence-corrected chi connectivity index (χ4v) is 0.570. The summed E-state index contributed by atoms with van der Waals surface area (Å²) in [5.74, 6) is 0.642. The summed E-state index contributed by atoms with van der Waals surface area (Å²) in [6, 6.07) is 0. The lowest BCUT2D eigenvalue weighted by Gasteiger charge is -2.12. The zero-order chi connectivity index (χ0) is 6.53. The molecule has 0 saturated heterocycles. The lowest BCUT2D eigenvalue weighted by Crippen LogP contribution is -2.11. The van der Waals surface area contributed by atoms with Crippen LogP contribution in [0.3, 0.4) is 0 Å². The summed E-state index contributed by atoms with van der Waals surface area (Å²) in [5.41, 5.74) is 0. The Balaban J connectivity index is 2.28. The van der Waals surface area contributed by atoms with E-state index in [-0.39, 0.29) is 0 Å². The van der Waals surface area contributed by atoms with Gasteiger partial charge in [-0.1, -0.05) is 0 Å². The Bertz CT molecular complexity index is 109. The first-order valence-corrected chi connectivity index (χ1v) is 2.79. The summed E-state index contributed by atoms with van der Waals surface area (Å²) in [5, 5.41) is 0. The Hall–Kier alpha value is -0.700. The van der Waals surface area contributed by atoms with Gasteiger partial charge in [0.15, 0.2) is 5.76 Å². The number of hydrogen-bond donors (Lipinski definition) is 0. The lowest BCUT2D eigenvalue weighted by atomic mass is 10.5. The zero-order valence-electron chi connectivity index (χ0n) is 5.35. The average molecular weight is 129 g/mol. The Morgan fingerprint density at radius 3 is 3.11 bits per heavy atom. The topological polar surface area (TPSA) is 27.7 Å². The van der Waals surface area contributed by atoms with Gasteiger partial charge in [0, 0.05) is 7.11 Å². The third-order valence-corrected chi connectivity index (χ3v) is 0.923. The Labute approximate surface area is 54.2 Å². The van der Waals surface area contributed by atoms with Crippen LogP contribution in [0.25, 0.3) is 0 Å². The van der Waals surface area contributed by atoms with Crippen LogP contribution in [0.1, 0.15) is 0 Å². The fraction of sp³-hybridized carbons (Fsp3) is 0.667. The molecule has 0 spiro atoms. The second kappa shape index (κ2) is 3.35. The quantitative estimate of drug-likeness (QED) is 0.537. The molecule has 0 aromatic heterocycles. The van der Waals surface area contributed by atoms with Gasteiger partial charge in [-0.15, -0.1) is 0 Å². The first kappa shape index (κ1) is 6.42. The largest absolute Gasteiger partial charge is 0.488 e. The van der Waals surface area contributed by atoms with Gasteiger partial charge < -0.3 is 14.2 Å². The molecule has 0 fully saturated rings. The highest BCUT2D eigenvalue weighted by molar-refractivity contribution is 4.83. The normalized spacial score (nSPS) is 17.7. The second-order valence-corrected chi connectivity index (χ2v) is 1.66. The van der Waals surface area contributed by atoms with Gasteiger partial charge in [-0.3, -0.25) is 0 Å². The van der Waals surface area contributed by atoms with Crippen molar-refractivity contribution in [1.82, 2.24) is 0 Å². The van der Waals surface area contributed by atoms with Crippen molar-refractivity contribution in [2.75, 3.05) is 26.9 Å². The van der Waals surface area contributed by atoms with Gasteiger partial charge >= 0.3 is 0 Å². The van der Waals surface area contributed by atoms with Crippen molar-refractivity contribution in [3.8, 4) is 0 Å². The van der Waals surface area contributed by atoms with E-state index in [1.54, 1.807) is 7.11 Å². The van der Waals surface area contributed by atoms with Gasteiger partial charge in [0.1, 0.15) is 19.8 Å². The van der Waals surface area contributed by atoms with Crippen LogP contribution in [0, 0.1) is 6.26 Å². The molecular formula is C6H9O3. The number of rotatable bonds is 2. The van der Waals surface area contributed by atoms with E-state index in [4.69, 9.17) is 14.2 Å². The standard InChI is InChI=1S/C6H9O3/c1-7-4-6-5-8-2-3-9-6/h2-4H2,1H3. The van der Waals surface area contributed by atoms with Crippen molar-refractivity contribution in [3.63, 3.8) is 0 Å². The molecule has 0 aromatic carbocycles. The molecule has 51 valence electrons. The number of methoxy groups -OCH3 is 1. The van der Waals surface area contributed by atoms with E-state index in [0.29, 0.717) is 25.6 Å². The van der Waals surface area contributed by atoms with Crippen molar-refractivity contribution in [2.45, 2.75) is 0 Å². The van der Waals surface area contributed by atoms with E-state index < -0.39 is 0 Å². The summed E-state index contributed by atoms with van der Waals surface area (Å²) in [4.78, 5) is 0. The smallest absolute Gasteiger partial charge is 0.205 e. The van der Waals surface area contributed by atoms with Crippen molar-refractivity contribution in [1.29, 1.82) is 0 Å². The maximum atomic E-state index is 5.07. The van der Waals surface area contributed by atoms with Crippen LogP contribution in [-0.4, -0.2) is 26.9 Å². The molecular weight excluding hydrogens is 120 g/mol. The molecule has 3 heteroatoms. The van der Waals surface area contributed by atoms with Gasteiger partial charge in [-0.2, -0.15) is 0 Å². The number of hydrogen-bond acceptors (Lipinski definition) is 3. The molecule has 1 aliphatic heterocycles. The Morgan fingerprint density at radius 2 is 2.56 bits per heavy atom. The van der Waals surface area contributed by atoms with E-state index in [9.17, 15) is 0 Å². The highest BCUT2D eigenvalue weighted by Crippen LogP contribution is 2.01. The molecule has 0 aliphatic carbocycles. The molecule has 9 heavy (non-hydrogen) atoms. The monoisotopic (exact) mass is 129 g/mol. The minimum Gasteiger partial charge on any atom is -0.488 e. The first-order valence-electron chi connectivity index (χ1n) is 2.79. The Morgan fingerprint density at radius 1 is 1.67 bits per heavy atom. The molecule has 1 heterocycles. The van der Waals surface area contributed by atoms with Gasteiger partial charge in [-0.25, -0.2) is 0 Å². The summed E-state index contributed by atoms with van der Waals surface area (Å²) in [7, 11) is 1.60. The van der Waals surface area contributed by atoms with Crippen LogP contribution in [0.5, 0.6) is 0 Å². The minimum atomic E-state index is 0.444. The average Bonchev–Trinajstić information content (AvgIpc) is 1.91. The highest BCUT2D eigenvalue weighted by atomic mass is 16.6. The molecule has 1 radical (unpaired) electrons. The van der Waals surface area contributed by atoms with Crippen molar-refractivity contribution in [3.05, 3.63) is 12.0 Å². The van der Waals surface area contributed by atoms with Crippen LogP contribution in [-0.2, 0) is 14.2 Å². The fourth-order valence-electron chi connectivity index (χ4n) is 0.570. The molecule has 0 amide bonds. The second-order valence-electron chi connectivity index (χ2n) is 1.66. The SMILES string of the molecule is COCC1=[C]OCCO1. The molecule has 0 atom stereocenters. The molecule has 3 nitrogen and oxygen atoms in total. The van der Waals surface area contributed by atoms with Crippen LogP contribution in [0.2, 0.25) is 0 Å². The maximum Gasteiger partial charge on any atom is 0.205 e. The van der Waals surface area contributed by atoms with E-state index in [1.807, 2.05) is 0 Å². The van der Waals surface area contributed by atoms with Gasteiger partial charge in [0.25, 0.3) is 0 Å².